The van der Waals surface area contributed by atoms with E-state index in [4.69, 9.17) is 10.2 Å². The van der Waals surface area contributed by atoms with Gasteiger partial charge < -0.3 is 15.5 Å². The standard InChI is InChI=1S/C18H22N2O2/c19-11-16-10-14(12-22-16)17(21)20-13-18(8-4-5-9-18)15-6-2-1-3-7-15/h1-3,6-7,10,12H,4-5,8-9,11,13,19H2,(H,20,21). The van der Waals surface area contributed by atoms with Gasteiger partial charge in [0.2, 0.25) is 0 Å². The monoisotopic (exact) mass is 298 g/mol. The summed E-state index contributed by atoms with van der Waals surface area (Å²) in [5.41, 5.74) is 7.44. The summed E-state index contributed by atoms with van der Waals surface area (Å²) in [4.78, 5) is 12.3. The van der Waals surface area contributed by atoms with Crippen LogP contribution >= 0.6 is 0 Å². The van der Waals surface area contributed by atoms with Gasteiger partial charge in [-0.3, -0.25) is 4.79 Å². The van der Waals surface area contributed by atoms with E-state index in [0.717, 1.165) is 12.8 Å². The SMILES string of the molecule is NCc1cc(C(=O)NCC2(c3ccccc3)CCCC2)co1. The van der Waals surface area contributed by atoms with E-state index >= 15 is 0 Å². The third kappa shape index (κ3) is 2.92. The molecule has 0 saturated heterocycles. The molecule has 1 aliphatic carbocycles. The van der Waals surface area contributed by atoms with E-state index in [1.165, 1.54) is 24.7 Å². The van der Waals surface area contributed by atoms with Crippen molar-refractivity contribution < 1.29 is 9.21 Å². The van der Waals surface area contributed by atoms with Gasteiger partial charge in [-0.1, -0.05) is 43.2 Å². The topological polar surface area (TPSA) is 68.3 Å². The number of nitrogens with two attached hydrogens (primary N) is 1. The van der Waals surface area contributed by atoms with Gasteiger partial charge in [0.25, 0.3) is 5.91 Å². The van der Waals surface area contributed by atoms with Crippen molar-refractivity contribution in [1.29, 1.82) is 0 Å². The van der Waals surface area contributed by atoms with Gasteiger partial charge in [-0.15, -0.1) is 0 Å². The minimum atomic E-state index is -0.0920. The first-order valence-corrected chi connectivity index (χ1v) is 7.85. The van der Waals surface area contributed by atoms with Gasteiger partial charge in [0.05, 0.1) is 12.1 Å². The number of nitrogens with one attached hydrogen (secondary N) is 1. The van der Waals surface area contributed by atoms with Crippen LogP contribution in [0.3, 0.4) is 0 Å². The molecule has 1 amide bonds. The van der Waals surface area contributed by atoms with Gasteiger partial charge in [-0.05, 0) is 24.5 Å². The lowest BCUT2D eigenvalue weighted by molar-refractivity contribution is 0.0942. The molecule has 4 nitrogen and oxygen atoms in total. The van der Waals surface area contributed by atoms with Crippen LogP contribution < -0.4 is 11.1 Å². The van der Waals surface area contributed by atoms with Crippen molar-refractivity contribution in [3.63, 3.8) is 0 Å². The van der Waals surface area contributed by atoms with Gasteiger partial charge in [0.15, 0.2) is 0 Å². The summed E-state index contributed by atoms with van der Waals surface area (Å²) >= 11 is 0. The number of furan rings is 1. The zero-order valence-corrected chi connectivity index (χ0v) is 12.7. The number of hydrogen-bond acceptors (Lipinski definition) is 3. The molecular weight excluding hydrogens is 276 g/mol. The highest BCUT2D eigenvalue weighted by molar-refractivity contribution is 5.94. The average molecular weight is 298 g/mol. The van der Waals surface area contributed by atoms with Crippen LogP contribution in [0.25, 0.3) is 0 Å². The molecule has 1 heterocycles. The minimum Gasteiger partial charge on any atom is -0.467 e. The molecule has 1 aromatic heterocycles. The van der Waals surface area contributed by atoms with Crippen molar-refractivity contribution in [1.82, 2.24) is 5.32 Å². The lowest BCUT2D eigenvalue weighted by atomic mass is 9.79. The molecular formula is C18H22N2O2. The second-order valence-corrected chi connectivity index (χ2v) is 6.04. The van der Waals surface area contributed by atoms with Gasteiger partial charge in [0, 0.05) is 12.0 Å². The number of rotatable bonds is 5. The molecule has 0 atom stereocenters. The second kappa shape index (κ2) is 6.36. The molecule has 0 bridgehead atoms. The Kier molecular flexibility index (Phi) is 4.29. The predicted molar refractivity (Wildman–Crippen MR) is 85.5 cm³/mol. The van der Waals surface area contributed by atoms with Gasteiger partial charge in [-0.25, -0.2) is 0 Å². The summed E-state index contributed by atoms with van der Waals surface area (Å²) in [7, 11) is 0. The molecule has 0 spiro atoms. The Hall–Kier alpha value is -2.07. The van der Waals surface area contributed by atoms with E-state index in [0.29, 0.717) is 24.4 Å². The highest BCUT2D eigenvalue weighted by atomic mass is 16.3. The van der Waals surface area contributed by atoms with Crippen LogP contribution in [0.4, 0.5) is 0 Å². The average Bonchev–Trinajstić information content (AvgIpc) is 3.23. The molecule has 2 aromatic rings. The van der Waals surface area contributed by atoms with E-state index in [2.05, 4.69) is 29.6 Å². The fourth-order valence-electron chi connectivity index (χ4n) is 3.37. The van der Waals surface area contributed by atoms with Crippen LogP contribution in [0.5, 0.6) is 0 Å². The first-order valence-electron chi connectivity index (χ1n) is 7.85. The minimum absolute atomic E-state index is 0.0668. The quantitative estimate of drug-likeness (QED) is 0.891. The summed E-state index contributed by atoms with van der Waals surface area (Å²) in [6.07, 6.45) is 6.15. The van der Waals surface area contributed by atoms with Crippen molar-refractivity contribution in [3.8, 4) is 0 Å². The van der Waals surface area contributed by atoms with E-state index in [1.54, 1.807) is 6.07 Å². The van der Waals surface area contributed by atoms with E-state index in [-0.39, 0.29) is 11.3 Å². The highest BCUT2D eigenvalue weighted by Gasteiger charge is 2.35. The van der Waals surface area contributed by atoms with Crippen molar-refractivity contribution in [3.05, 3.63) is 59.5 Å². The van der Waals surface area contributed by atoms with Crippen LogP contribution in [0.2, 0.25) is 0 Å². The summed E-state index contributed by atoms with van der Waals surface area (Å²) in [5, 5.41) is 3.08. The Labute approximate surface area is 130 Å². The fourth-order valence-corrected chi connectivity index (χ4v) is 3.37. The van der Waals surface area contributed by atoms with Gasteiger partial charge in [-0.2, -0.15) is 0 Å². The van der Waals surface area contributed by atoms with Gasteiger partial charge >= 0.3 is 0 Å². The maximum absolute atomic E-state index is 12.3. The Bertz CT molecular complexity index is 628. The summed E-state index contributed by atoms with van der Waals surface area (Å²) < 4.78 is 5.23. The zero-order valence-electron chi connectivity index (χ0n) is 12.7. The lowest BCUT2D eigenvalue weighted by Crippen LogP contribution is -2.38. The Morgan fingerprint density at radius 2 is 1.95 bits per heavy atom. The lowest BCUT2D eigenvalue weighted by Gasteiger charge is -2.30. The molecule has 3 rings (SSSR count). The first kappa shape index (κ1) is 14.9. The van der Waals surface area contributed by atoms with Gasteiger partial charge in [0.1, 0.15) is 12.0 Å². The number of carbonyl (C=O) groups excluding carboxylic acids is 1. The Balaban J connectivity index is 1.71. The normalized spacial score (nSPS) is 16.6. The number of amides is 1. The van der Waals surface area contributed by atoms with Crippen LogP contribution in [0, 0.1) is 0 Å². The Morgan fingerprint density at radius 1 is 1.23 bits per heavy atom. The summed E-state index contributed by atoms with van der Waals surface area (Å²) in [6.45, 7) is 0.972. The van der Waals surface area contributed by atoms with Crippen LogP contribution in [0.15, 0.2) is 47.1 Å². The first-order chi connectivity index (χ1) is 10.7. The molecule has 0 aliphatic heterocycles. The molecule has 22 heavy (non-hydrogen) atoms. The Morgan fingerprint density at radius 3 is 2.59 bits per heavy atom. The molecule has 1 fully saturated rings. The van der Waals surface area contributed by atoms with E-state index in [9.17, 15) is 4.79 Å². The van der Waals surface area contributed by atoms with Crippen molar-refractivity contribution >= 4 is 5.91 Å². The number of benzene rings is 1. The molecule has 1 aliphatic rings. The molecule has 1 saturated carbocycles. The van der Waals surface area contributed by atoms with Crippen LogP contribution in [-0.4, -0.2) is 12.5 Å². The molecule has 0 radical (unpaired) electrons. The van der Waals surface area contributed by atoms with Crippen LogP contribution in [-0.2, 0) is 12.0 Å². The summed E-state index contributed by atoms with van der Waals surface area (Å²) in [6, 6.07) is 12.2. The third-order valence-corrected chi connectivity index (χ3v) is 4.65. The van der Waals surface area contributed by atoms with E-state index in [1.807, 2.05) is 6.07 Å². The molecule has 1 aromatic carbocycles. The maximum Gasteiger partial charge on any atom is 0.254 e. The molecule has 3 N–H and O–H groups in total. The molecule has 4 heteroatoms. The molecule has 116 valence electrons. The maximum atomic E-state index is 12.3. The van der Waals surface area contributed by atoms with Crippen LogP contribution in [0.1, 0.15) is 47.4 Å². The van der Waals surface area contributed by atoms with Crippen molar-refractivity contribution in [2.75, 3.05) is 6.54 Å². The van der Waals surface area contributed by atoms with E-state index < -0.39 is 0 Å². The number of carbonyl (C=O) groups is 1. The fraction of sp³-hybridized carbons (Fsp3) is 0.389. The molecule has 0 unspecified atom stereocenters. The van der Waals surface area contributed by atoms with Crippen molar-refractivity contribution in [2.45, 2.75) is 37.6 Å². The predicted octanol–water partition coefficient (Wildman–Crippen LogP) is 2.98. The highest BCUT2D eigenvalue weighted by Crippen LogP contribution is 2.40. The number of hydrogen-bond donors (Lipinski definition) is 2. The van der Waals surface area contributed by atoms with Crippen molar-refractivity contribution in [2.24, 2.45) is 5.73 Å². The second-order valence-electron chi connectivity index (χ2n) is 6.04. The largest absolute Gasteiger partial charge is 0.467 e. The third-order valence-electron chi connectivity index (χ3n) is 4.65. The zero-order chi connectivity index (χ0) is 15.4. The summed E-state index contributed by atoms with van der Waals surface area (Å²) in [5.74, 6) is 0.537. The smallest absolute Gasteiger partial charge is 0.254 e.